The average molecular weight is 510 g/mol. The molecule has 2 rings (SSSR count). The standard InChI is InChI=1S/C22H31N5O5S2/c1-7-8-32-22(30)18-14(10-31-6)34-21(27-18)16(11(2)3)25-19(29)17-12(4)33-20(26-17)13(23)9-15(28)24-5/h7,11,13,16H,1,8-10,23H2,2-6H3,(H,24,28)(H,25,29)/t13-,16-/m0/s1. The Morgan fingerprint density at radius 1 is 1.18 bits per heavy atom. The summed E-state index contributed by atoms with van der Waals surface area (Å²) in [6.07, 6.45) is 1.55. The fourth-order valence-electron chi connectivity index (χ4n) is 2.99. The van der Waals surface area contributed by atoms with Crippen LogP contribution in [0.5, 0.6) is 0 Å². The molecule has 2 heterocycles. The van der Waals surface area contributed by atoms with E-state index in [9.17, 15) is 14.4 Å². The number of ether oxygens (including phenoxy) is 2. The number of hydrogen-bond acceptors (Lipinski definition) is 10. The van der Waals surface area contributed by atoms with Crippen LogP contribution in [0.25, 0.3) is 0 Å². The monoisotopic (exact) mass is 509 g/mol. The highest BCUT2D eigenvalue weighted by Crippen LogP contribution is 2.31. The van der Waals surface area contributed by atoms with Crippen LogP contribution in [0.15, 0.2) is 12.7 Å². The third-order valence-corrected chi connectivity index (χ3v) is 6.98. The Morgan fingerprint density at radius 2 is 1.85 bits per heavy atom. The second kappa shape index (κ2) is 12.7. The number of carbonyl (C=O) groups is 3. The molecule has 0 aliphatic rings. The van der Waals surface area contributed by atoms with Crippen molar-refractivity contribution in [3.05, 3.63) is 43.8 Å². The second-order valence-electron chi connectivity index (χ2n) is 7.78. The van der Waals surface area contributed by atoms with Crippen LogP contribution in [0.2, 0.25) is 0 Å². The first kappa shape index (κ1) is 27.6. The van der Waals surface area contributed by atoms with Crippen molar-refractivity contribution in [2.45, 2.75) is 45.9 Å². The van der Waals surface area contributed by atoms with Gasteiger partial charge in [-0.15, -0.1) is 22.7 Å². The molecule has 4 N–H and O–H groups in total. The van der Waals surface area contributed by atoms with E-state index in [1.165, 1.54) is 42.9 Å². The number of aromatic nitrogens is 2. The van der Waals surface area contributed by atoms with Crippen LogP contribution in [-0.4, -0.2) is 48.5 Å². The molecule has 0 saturated heterocycles. The van der Waals surface area contributed by atoms with Crippen molar-refractivity contribution in [2.24, 2.45) is 11.7 Å². The Hall–Kier alpha value is -2.67. The largest absolute Gasteiger partial charge is 0.457 e. The Balaban J connectivity index is 2.28. The highest BCUT2D eigenvalue weighted by Gasteiger charge is 2.29. The van der Waals surface area contributed by atoms with Gasteiger partial charge in [0.1, 0.15) is 22.3 Å². The molecular formula is C22H31N5O5S2. The molecule has 0 bridgehead atoms. The smallest absolute Gasteiger partial charge is 0.358 e. The van der Waals surface area contributed by atoms with E-state index in [1.807, 2.05) is 13.8 Å². The van der Waals surface area contributed by atoms with E-state index in [0.29, 0.717) is 19.8 Å². The maximum Gasteiger partial charge on any atom is 0.358 e. The van der Waals surface area contributed by atoms with Gasteiger partial charge in [-0.2, -0.15) is 0 Å². The van der Waals surface area contributed by atoms with Crippen LogP contribution >= 0.6 is 22.7 Å². The zero-order valence-electron chi connectivity index (χ0n) is 20.0. The molecule has 0 aromatic carbocycles. The average Bonchev–Trinajstić information content (AvgIpc) is 3.39. The molecule has 0 saturated carbocycles. The van der Waals surface area contributed by atoms with Crippen LogP contribution in [0.1, 0.15) is 73.1 Å². The minimum Gasteiger partial charge on any atom is -0.457 e. The molecule has 2 aromatic rings. The molecule has 2 aromatic heterocycles. The van der Waals surface area contributed by atoms with Crippen LogP contribution in [-0.2, 0) is 20.9 Å². The summed E-state index contributed by atoms with van der Waals surface area (Å²) in [4.78, 5) is 47.4. The van der Waals surface area contributed by atoms with Gasteiger partial charge in [0.15, 0.2) is 5.69 Å². The van der Waals surface area contributed by atoms with Crippen LogP contribution in [0.4, 0.5) is 0 Å². The van der Waals surface area contributed by atoms with Gasteiger partial charge in [-0.05, 0) is 12.8 Å². The number of carbonyl (C=O) groups excluding carboxylic acids is 3. The Bertz CT molecular complexity index is 1030. The van der Waals surface area contributed by atoms with E-state index in [2.05, 4.69) is 27.2 Å². The maximum atomic E-state index is 13.1. The minimum atomic E-state index is -0.606. The number of thiazole rings is 2. The molecule has 2 amide bonds. The van der Waals surface area contributed by atoms with Crippen molar-refractivity contribution in [1.29, 1.82) is 0 Å². The lowest BCUT2D eigenvalue weighted by atomic mass is 10.0. The zero-order chi connectivity index (χ0) is 25.4. The van der Waals surface area contributed by atoms with E-state index in [4.69, 9.17) is 15.2 Å². The molecule has 2 atom stereocenters. The first-order valence-corrected chi connectivity index (χ1v) is 12.3. The fourth-order valence-corrected chi connectivity index (χ4v) is 5.16. The van der Waals surface area contributed by atoms with E-state index in [1.54, 1.807) is 6.92 Å². The Labute approximate surface area is 207 Å². The molecular weight excluding hydrogens is 478 g/mol. The highest BCUT2D eigenvalue weighted by molar-refractivity contribution is 7.12. The van der Waals surface area contributed by atoms with Gasteiger partial charge in [-0.25, -0.2) is 14.8 Å². The number of amides is 2. The first-order chi connectivity index (χ1) is 16.1. The van der Waals surface area contributed by atoms with Crippen LogP contribution in [0.3, 0.4) is 0 Å². The number of nitrogens with zero attached hydrogens (tertiary/aromatic N) is 2. The summed E-state index contributed by atoms with van der Waals surface area (Å²) < 4.78 is 10.3. The van der Waals surface area contributed by atoms with Gasteiger partial charge in [0.2, 0.25) is 5.91 Å². The molecule has 10 nitrogen and oxygen atoms in total. The second-order valence-corrected chi connectivity index (χ2v) is 10.1. The quantitative estimate of drug-likeness (QED) is 0.292. The minimum absolute atomic E-state index is 0.0311. The van der Waals surface area contributed by atoms with E-state index in [0.717, 1.165) is 0 Å². The molecule has 34 heavy (non-hydrogen) atoms. The lowest BCUT2D eigenvalue weighted by Crippen LogP contribution is -2.32. The maximum absolute atomic E-state index is 13.1. The summed E-state index contributed by atoms with van der Waals surface area (Å²) in [6.45, 7) is 9.45. The molecule has 0 spiro atoms. The zero-order valence-corrected chi connectivity index (χ0v) is 21.6. The van der Waals surface area contributed by atoms with Crippen molar-refractivity contribution in [3.63, 3.8) is 0 Å². The summed E-state index contributed by atoms with van der Waals surface area (Å²) in [5.41, 5.74) is 6.50. The van der Waals surface area contributed by atoms with Crippen molar-refractivity contribution < 1.29 is 23.9 Å². The van der Waals surface area contributed by atoms with E-state index >= 15 is 0 Å². The molecule has 186 valence electrons. The number of methoxy groups -OCH3 is 1. The molecule has 0 aliphatic heterocycles. The van der Waals surface area contributed by atoms with Gasteiger partial charge in [0.05, 0.1) is 23.6 Å². The van der Waals surface area contributed by atoms with Gasteiger partial charge in [-0.3, -0.25) is 9.59 Å². The summed E-state index contributed by atoms with van der Waals surface area (Å²) in [6, 6.07) is -1.08. The predicted octanol–water partition coefficient (Wildman–Crippen LogP) is 2.66. The summed E-state index contributed by atoms with van der Waals surface area (Å²) in [7, 11) is 3.06. The molecule has 12 heteroatoms. The van der Waals surface area contributed by atoms with Gasteiger partial charge < -0.3 is 25.8 Å². The Morgan fingerprint density at radius 3 is 2.44 bits per heavy atom. The van der Waals surface area contributed by atoms with Crippen LogP contribution < -0.4 is 16.4 Å². The number of nitrogens with two attached hydrogens (primary N) is 1. The number of rotatable bonds is 12. The summed E-state index contributed by atoms with van der Waals surface area (Å²) in [5, 5.41) is 6.58. The SMILES string of the molecule is C=CCOC(=O)c1nc([C@@H](NC(=O)c2nc([C@@H](N)CC(=O)NC)sc2C)C(C)C)sc1COC. The third kappa shape index (κ3) is 6.92. The lowest BCUT2D eigenvalue weighted by Gasteiger charge is -2.20. The summed E-state index contributed by atoms with van der Waals surface area (Å²) in [5.74, 6) is -1.20. The van der Waals surface area contributed by atoms with Gasteiger partial charge in [0.25, 0.3) is 5.91 Å². The van der Waals surface area contributed by atoms with E-state index in [-0.39, 0.29) is 48.8 Å². The number of esters is 1. The molecule has 0 fully saturated rings. The number of aryl methyl sites for hydroxylation is 1. The van der Waals surface area contributed by atoms with Gasteiger partial charge in [-0.1, -0.05) is 26.5 Å². The predicted molar refractivity (Wildman–Crippen MR) is 131 cm³/mol. The molecule has 0 radical (unpaired) electrons. The van der Waals surface area contributed by atoms with Crippen LogP contribution in [0, 0.1) is 12.8 Å². The topological polar surface area (TPSA) is 146 Å². The van der Waals surface area contributed by atoms with Gasteiger partial charge in [0, 0.05) is 25.5 Å². The van der Waals surface area contributed by atoms with Crippen molar-refractivity contribution in [3.8, 4) is 0 Å². The molecule has 0 unspecified atom stereocenters. The van der Waals surface area contributed by atoms with Crippen molar-refractivity contribution in [2.75, 3.05) is 20.8 Å². The molecule has 0 aliphatic carbocycles. The number of nitrogens with one attached hydrogen (secondary N) is 2. The number of hydrogen-bond donors (Lipinski definition) is 3. The van der Waals surface area contributed by atoms with Crippen molar-refractivity contribution >= 4 is 40.5 Å². The fraction of sp³-hybridized carbons (Fsp3) is 0.500. The summed E-state index contributed by atoms with van der Waals surface area (Å²) >= 11 is 2.57. The highest BCUT2D eigenvalue weighted by atomic mass is 32.1. The van der Waals surface area contributed by atoms with Gasteiger partial charge >= 0.3 is 5.97 Å². The normalized spacial score (nSPS) is 12.8. The third-order valence-electron chi connectivity index (χ3n) is 4.76. The van der Waals surface area contributed by atoms with Crippen molar-refractivity contribution in [1.82, 2.24) is 20.6 Å². The first-order valence-electron chi connectivity index (χ1n) is 10.6. The lowest BCUT2D eigenvalue weighted by molar-refractivity contribution is -0.120. The Kier molecular flexibility index (Phi) is 10.3. The van der Waals surface area contributed by atoms with E-state index < -0.39 is 18.1 Å².